The van der Waals surface area contributed by atoms with Crippen LogP contribution in [0.4, 0.5) is 0 Å². The van der Waals surface area contributed by atoms with Gasteiger partial charge in [0.1, 0.15) is 0 Å². The topological polar surface area (TPSA) is 29.9 Å². The fourth-order valence-corrected chi connectivity index (χ4v) is 3.47. The second kappa shape index (κ2) is 8.05. The van der Waals surface area contributed by atoms with Crippen molar-refractivity contribution in [3.8, 4) is 11.3 Å². The van der Waals surface area contributed by atoms with E-state index in [-0.39, 0.29) is 12.4 Å². The van der Waals surface area contributed by atoms with Crippen molar-refractivity contribution < 1.29 is 0 Å². The third-order valence-electron chi connectivity index (χ3n) is 4.55. The maximum atomic E-state index is 6.05. The van der Waals surface area contributed by atoms with E-state index in [9.17, 15) is 0 Å². The lowest BCUT2D eigenvalue weighted by atomic mass is 10.0. The molecule has 2 heterocycles. The summed E-state index contributed by atoms with van der Waals surface area (Å²) in [6.45, 7) is 2.83. The van der Waals surface area contributed by atoms with Gasteiger partial charge in [0.15, 0.2) is 0 Å². The molecule has 0 aliphatic carbocycles. The summed E-state index contributed by atoms with van der Waals surface area (Å²) < 4.78 is 2.18. The molecule has 1 aromatic heterocycles. The number of hydrogen-bond acceptors (Lipinski definition) is 2. The van der Waals surface area contributed by atoms with Gasteiger partial charge >= 0.3 is 0 Å². The van der Waals surface area contributed by atoms with Crippen LogP contribution in [-0.4, -0.2) is 22.9 Å². The molecule has 0 saturated heterocycles. The Balaban J connectivity index is 0.00000182. The van der Waals surface area contributed by atoms with Crippen molar-refractivity contribution in [3.05, 3.63) is 76.4 Å². The third-order valence-corrected chi connectivity index (χ3v) is 4.80. The second-order valence-electron chi connectivity index (χ2n) is 6.17. The summed E-state index contributed by atoms with van der Waals surface area (Å²) in [5.41, 5.74) is 6.25. The van der Waals surface area contributed by atoms with Crippen molar-refractivity contribution in [2.75, 3.05) is 13.1 Å². The average molecular weight is 374 g/mol. The molecular formula is C20H21Cl2N3. The van der Waals surface area contributed by atoms with E-state index in [2.05, 4.69) is 52.5 Å². The Kier molecular flexibility index (Phi) is 5.79. The molecule has 130 valence electrons. The molecule has 25 heavy (non-hydrogen) atoms. The van der Waals surface area contributed by atoms with Gasteiger partial charge in [-0.1, -0.05) is 54.1 Å². The van der Waals surface area contributed by atoms with E-state index in [1.807, 2.05) is 12.1 Å². The van der Waals surface area contributed by atoms with Crippen molar-refractivity contribution in [2.24, 2.45) is 0 Å². The van der Waals surface area contributed by atoms with Gasteiger partial charge in [0.05, 0.1) is 12.2 Å². The lowest BCUT2D eigenvalue weighted by Gasteiger charge is -2.07. The zero-order valence-corrected chi connectivity index (χ0v) is 15.5. The SMILES string of the molecule is Cl.Clc1ccc(-c2nn(Cc3ccccc3)c3c2CCNCC3)cc1. The summed E-state index contributed by atoms with van der Waals surface area (Å²) in [5.74, 6) is 0. The van der Waals surface area contributed by atoms with Crippen LogP contribution in [0.1, 0.15) is 16.8 Å². The van der Waals surface area contributed by atoms with Gasteiger partial charge in [-0.25, -0.2) is 0 Å². The molecule has 2 aromatic carbocycles. The largest absolute Gasteiger partial charge is 0.316 e. The highest BCUT2D eigenvalue weighted by molar-refractivity contribution is 6.30. The molecular weight excluding hydrogens is 353 g/mol. The number of nitrogens with zero attached hydrogens (tertiary/aromatic N) is 2. The van der Waals surface area contributed by atoms with Crippen LogP contribution in [0.15, 0.2) is 54.6 Å². The first-order valence-electron chi connectivity index (χ1n) is 8.40. The van der Waals surface area contributed by atoms with E-state index in [4.69, 9.17) is 16.7 Å². The van der Waals surface area contributed by atoms with Gasteiger partial charge in [-0.15, -0.1) is 12.4 Å². The highest BCUT2D eigenvalue weighted by Crippen LogP contribution is 2.28. The minimum atomic E-state index is 0. The number of aromatic nitrogens is 2. The predicted octanol–water partition coefficient (Wildman–Crippen LogP) is 4.36. The quantitative estimate of drug-likeness (QED) is 0.738. The van der Waals surface area contributed by atoms with E-state index in [1.54, 1.807) is 0 Å². The predicted molar refractivity (Wildman–Crippen MR) is 106 cm³/mol. The van der Waals surface area contributed by atoms with Gasteiger partial charge in [-0.05, 0) is 30.7 Å². The van der Waals surface area contributed by atoms with Gasteiger partial charge in [-0.2, -0.15) is 5.10 Å². The zero-order chi connectivity index (χ0) is 16.4. The zero-order valence-electron chi connectivity index (χ0n) is 13.9. The van der Waals surface area contributed by atoms with Crippen LogP contribution < -0.4 is 5.32 Å². The van der Waals surface area contributed by atoms with Crippen LogP contribution >= 0.6 is 24.0 Å². The molecule has 0 saturated carbocycles. The van der Waals surface area contributed by atoms with Crippen LogP contribution in [-0.2, 0) is 19.4 Å². The average Bonchev–Trinajstić information content (AvgIpc) is 2.79. The molecule has 1 aliphatic rings. The van der Waals surface area contributed by atoms with Gasteiger partial charge in [0, 0.05) is 34.8 Å². The number of halogens is 2. The van der Waals surface area contributed by atoms with E-state index < -0.39 is 0 Å². The Morgan fingerprint density at radius 3 is 2.44 bits per heavy atom. The number of rotatable bonds is 3. The van der Waals surface area contributed by atoms with E-state index in [0.717, 1.165) is 48.8 Å². The molecule has 3 nitrogen and oxygen atoms in total. The Bertz CT molecular complexity index is 826. The fourth-order valence-electron chi connectivity index (χ4n) is 3.35. The first-order chi connectivity index (χ1) is 11.8. The van der Waals surface area contributed by atoms with Crippen LogP contribution in [0.25, 0.3) is 11.3 Å². The molecule has 0 amide bonds. The van der Waals surface area contributed by atoms with Gasteiger partial charge < -0.3 is 5.32 Å². The first-order valence-corrected chi connectivity index (χ1v) is 8.78. The number of hydrogen-bond donors (Lipinski definition) is 1. The Morgan fingerprint density at radius 1 is 0.960 bits per heavy atom. The standard InChI is InChI=1S/C20H20ClN3.ClH/c21-17-8-6-16(7-9-17)20-18-10-12-22-13-11-19(18)24(23-20)14-15-4-2-1-3-5-15;/h1-9,22H,10-14H2;1H. The van der Waals surface area contributed by atoms with E-state index in [1.165, 1.54) is 16.8 Å². The maximum Gasteiger partial charge on any atom is 0.0958 e. The highest BCUT2D eigenvalue weighted by atomic mass is 35.5. The Hall–Kier alpha value is -1.81. The smallest absolute Gasteiger partial charge is 0.0958 e. The number of nitrogens with one attached hydrogen (secondary N) is 1. The number of benzene rings is 2. The van der Waals surface area contributed by atoms with Crippen LogP contribution in [0, 0.1) is 0 Å². The third kappa shape index (κ3) is 3.90. The van der Waals surface area contributed by atoms with Gasteiger partial charge in [0.2, 0.25) is 0 Å². The minimum absolute atomic E-state index is 0. The Morgan fingerprint density at radius 2 is 1.68 bits per heavy atom. The van der Waals surface area contributed by atoms with Crippen molar-refractivity contribution in [1.29, 1.82) is 0 Å². The first kappa shape index (κ1) is 18.0. The molecule has 3 aromatic rings. The van der Waals surface area contributed by atoms with Crippen molar-refractivity contribution in [1.82, 2.24) is 15.1 Å². The molecule has 0 spiro atoms. The van der Waals surface area contributed by atoms with Crippen LogP contribution in [0.5, 0.6) is 0 Å². The minimum Gasteiger partial charge on any atom is -0.316 e. The summed E-state index contributed by atoms with van der Waals surface area (Å²) in [6, 6.07) is 18.5. The van der Waals surface area contributed by atoms with Crippen molar-refractivity contribution in [2.45, 2.75) is 19.4 Å². The normalized spacial score (nSPS) is 13.6. The lowest BCUT2D eigenvalue weighted by Crippen LogP contribution is -2.17. The fraction of sp³-hybridized carbons (Fsp3) is 0.250. The van der Waals surface area contributed by atoms with Gasteiger partial charge in [0.25, 0.3) is 0 Å². The summed E-state index contributed by atoms with van der Waals surface area (Å²) in [7, 11) is 0. The van der Waals surface area contributed by atoms with Crippen LogP contribution in [0.3, 0.4) is 0 Å². The Labute approximate surface area is 159 Å². The summed E-state index contributed by atoms with van der Waals surface area (Å²) >= 11 is 6.05. The summed E-state index contributed by atoms with van der Waals surface area (Å²) in [4.78, 5) is 0. The van der Waals surface area contributed by atoms with Crippen LogP contribution in [0.2, 0.25) is 5.02 Å². The molecule has 0 unspecified atom stereocenters. The molecule has 0 bridgehead atoms. The molecule has 5 heteroatoms. The monoisotopic (exact) mass is 373 g/mol. The van der Waals surface area contributed by atoms with E-state index in [0.29, 0.717) is 0 Å². The number of fused-ring (bicyclic) bond motifs is 1. The molecule has 4 rings (SSSR count). The lowest BCUT2D eigenvalue weighted by molar-refractivity contribution is 0.628. The highest BCUT2D eigenvalue weighted by Gasteiger charge is 2.20. The summed E-state index contributed by atoms with van der Waals surface area (Å²) in [6.07, 6.45) is 2.03. The molecule has 0 atom stereocenters. The van der Waals surface area contributed by atoms with Crippen molar-refractivity contribution >= 4 is 24.0 Å². The second-order valence-corrected chi connectivity index (χ2v) is 6.61. The molecule has 0 fully saturated rings. The molecule has 1 N–H and O–H groups in total. The molecule has 1 aliphatic heterocycles. The summed E-state index contributed by atoms with van der Waals surface area (Å²) in [5, 5.41) is 9.23. The van der Waals surface area contributed by atoms with Gasteiger partial charge in [-0.3, -0.25) is 4.68 Å². The van der Waals surface area contributed by atoms with E-state index >= 15 is 0 Å². The van der Waals surface area contributed by atoms with Crippen molar-refractivity contribution in [3.63, 3.8) is 0 Å². The maximum absolute atomic E-state index is 6.05. The molecule has 0 radical (unpaired) electrons.